The molecule has 216 valence electrons. The van der Waals surface area contributed by atoms with Gasteiger partial charge >= 0.3 is 6.09 Å². The molecule has 41 heavy (non-hydrogen) atoms. The minimum absolute atomic E-state index is 0.0430. The monoisotopic (exact) mass is 595 g/mol. The average Bonchev–Trinajstić information content (AvgIpc) is 3.43. The van der Waals surface area contributed by atoms with Crippen LogP contribution < -0.4 is 10.5 Å². The summed E-state index contributed by atoms with van der Waals surface area (Å²) in [6.07, 6.45) is 2.18. The molecule has 5 rings (SSSR count). The lowest BCUT2D eigenvalue weighted by Crippen LogP contribution is -2.47. The highest BCUT2D eigenvalue weighted by atomic mass is 35.5. The van der Waals surface area contributed by atoms with Crippen LogP contribution in [-0.2, 0) is 15.8 Å². The standard InChI is InChI=1S/C32H35Cl2N3O4/c1-40-28-10-6-5-9-25(28)29(38)37-20-14-31(22-37,24-11-12-26(33)27(34)21-24)13-17-36-18-15-32(16-19-36,41-30(35)39)23-7-3-2-4-8-23/h2-12,21H,13-20,22H2,1H3,(H2,35,39). The van der Waals surface area contributed by atoms with Gasteiger partial charge in [0, 0.05) is 44.4 Å². The molecule has 1 atom stereocenters. The number of carbonyl (C=O) groups is 2. The van der Waals surface area contributed by atoms with Gasteiger partial charge < -0.3 is 25.0 Å². The van der Waals surface area contributed by atoms with E-state index in [1.165, 1.54) is 0 Å². The second kappa shape index (κ2) is 12.3. The largest absolute Gasteiger partial charge is 0.496 e. The van der Waals surface area contributed by atoms with E-state index in [1.54, 1.807) is 13.2 Å². The van der Waals surface area contributed by atoms with Crippen molar-refractivity contribution in [1.29, 1.82) is 0 Å². The third-order valence-electron chi connectivity index (χ3n) is 8.68. The topological polar surface area (TPSA) is 85.1 Å². The molecule has 2 heterocycles. The van der Waals surface area contributed by atoms with E-state index >= 15 is 0 Å². The maximum atomic E-state index is 13.6. The molecule has 2 fully saturated rings. The quantitative estimate of drug-likeness (QED) is 0.332. The van der Waals surface area contributed by atoms with E-state index in [0.29, 0.717) is 47.3 Å². The van der Waals surface area contributed by atoms with Crippen molar-refractivity contribution in [3.63, 3.8) is 0 Å². The van der Waals surface area contributed by atoms with Crippen molar-refractivity contribution >= 4 is 35.2 Å². The Morgan fingerprint density at radius 3 is 2.27 bits per heavy atom. The first-order valence-corrected chi connectivity index (χ1v) is 14.7. The predicted molar refractivity (Wildman–Crippen MR) is 161 cm³/mol. The summed E-state index contributed by atoms with van der Waals surface area (Å²) in [6, 6.07) is 23.0. The molecule has 2 saturated heterocycles. The van der Waals surface area contributed by atoms with Gasteiger partial charge in [-0.1, -0.05) is 71.7 Å². The number of nitrogens with zero attached hydrogens (tertiary/aromatic N) is 2. The van der Waals surface area contributed by atoms with Crippen molar-refractivity contribution in [3.8, 4) is 5.75 Å². The van der Waals surface area contributed by atoms with Gasteiger partial charge in [0.25, 0.3) is 5.91 Å². The van der Waals surface area contributed by atoms with Gasteiger partial charge in [-0.15, -0.1) is 0 Å². The minimum Gasteiger partial charge on any atom is -0.496 e. The van der Waals surface area contributed by atoms with Crippen LogP contribution in [0.2, 0.25) is 10.0 Å². The van der Waals surface area contributed by atoms with Crippen LogP contribution in [0.25, 0.3) is 0 Å². The fraction of sp³-hybridized carbons (Fsp3) is 0.375. The van der Waals surface area contributed by atoms with Gasteiger partial charge in [-0.3, -0.25) is 4.79 Å². The number of piperidine rings is 1. The third kappa shape index (κ3) is 6.17. The Morgan fingerprint density at radius 2 is 1.59 bits per heavy atom. The second-order valence-electron chi connectivity index (χ2n) is 11.0. The molecular weight excluding hydrogens is 561 g/mol. The molecule has 0 radical (unpaired) electrons. The average molecular weight is 597 g/mol. The Bertz CT molecular complexity index is 1390. The molecule has 2 aliphatic rings. The summed E-state index contributed by atoms with van der Waals surface area (Å²) in [7, 11) is 1.58. The highest BCUT2D eigenvalue weighted by Crippen LogP contribution is 2.42. The summed E-state index contributed by atoms with van der Waals surface area (Å²) in [5.41, 5.74) is 7.08. The van der Waals surface area contributed by atoms with Gasteiger partial charge in [0.15, 0.2) is 0 Å². The van der Waals surface area contributed by atoms with Gasteiger partial charge in [-0.2, -0.15) is 0 Å². The van der Waals surface area contributed by atoms with Crippen LogP contribution >= 0.6 is 23.2 Å². The van der Waals surface area contributed by atoms with Gasteiger partial charge in [0.1, 0.15) is 11.4 Å². The van der Waals surface area contributed by atoms with Crippen molar-refractivity contribution in [3.05, 3.63) is 99.5 Å². The summed E-state index contributed by atoms with van der Waals surface area (Å²) in [4.78, 5) is 29.7. The second-order valence-corrected chi connectivity index (χ2v) is 11.8. The molecule has 0 saturated carbocycles. The number of benzene rings is 3. The minimum atomic E-state index is -0.758. The normalized spacial score (nSPS) is 20.5. The smallest absolute Gasteiger partial charge is 0.405 e. The molecule has 0 spiro atoms. The number of ether oxygens (including phenoxy) is 2. The Morgan fingerprint density at radius 1 is 0.878 bits per heavy atom. The zero-order valence-electron chi connectivity index (χ0n) is 23.2. The summed E-state index contributed by atoms with van der Waals surface area (Å²) in [6.45, 7) is 3.51. The maximum Gasteiger partial charge on any atom is 0.405 e. The van der Waals surface area contributed by atoms with Gasteiger partial charge in [-0.05, 0) is 54.8 Å². The van der Waals surface area contributed by atoms with Crippen molar-refractivity contribution in [2.45, 2.75) is 36.7 Å². The first kappa shape index (κ1) is 29.2. The number of hydrogen-bond acceptors (Lipinski definition) is 5. The zero-order chi connectivity index (χ0) is 29.0. The third-order valence-corrected chi connectivity index (χ3v) is 9.42. The highest BCUT2D eigenvalue weighted by Gasteiger charge is 2.44. The van der Waals surface area contributed by atoms with Crippen LogP contribution in [0.5, 0.6) is 5.75 Å². The lowest BCUT2D eigenvalue weighted by Gasteiger charge is -2.42. The molecule has 0 aromatic heterocycles. The highest BCUT2D eigenvalue weighted by molar-refractivity contribution is 6.42. The van der Waals surface area contributed by atoms with E-state index in [4.69, 9.17) is 38.4 Å². The first-order chi connectivity index (χ1) is 19.7. The maximum absolute atomic E-state index is 13.6. The van der Waals surface area contributed by atoms with Crippen LogP contribution in [0.3, 0.4) is 0 Å². The van der Waals surface area contributed by atoms with E-state index in [2.05, 4.69) is 4.90 Å². The van der Waals surface area contributed by atoms with Gasteiger partial charge in [0.2, 0.25) is 0 Å². The fourth-order valence-electron chi connectivity index (χ4n) is 6.34. The van der Waals surface area contributed by atoms with Crippen LogP contribution in [0.4, 0.5) is 4.79 Å². The van der Waals surface area contributed by atoms with E-state index in [-0.39, 0.29) is 11.3 Å². The SMILES string of the molecule is COc1ccccc1C(=O)N1CCC(CCN2CCC(OC(N)=O)(c3ccccc3)CC2)(c2ccc(Cl)c(Cl)c2)C1. The van der Waals surface area contributed by atoms with Crippen LogP contribution in [0, 0.1) is 0 Å². The molecule has 3 aromatic rings. The lowest BCUT2D eigenvalue weighted by molar-refractivity contribution is -0.0374. The zero-order valence-corrected chi connectivity index (χ0v) is 24.7. The van der Waals surface area contributed by atoms with Crippen molar-refractivity contribution in [2.75, 3.05) is 39.8 Å². The Labute approximate surface area is 251 Å². The van der Waals surface area contributed by atoms with E-state index < -0.39 is 11.7 Å². The molecule has 0 bridgehead atoms. The molecule has 2 aliphatic heterocycles. The Hall–Kier alpha value is -3.26. The van der Waals surface area contributed by atoms with Crippen LogP contribution in [-0.4, -0.2) is 61.6 Å². The number of likely N-dealkylation sites (tertiary alicyclic amines) is 2. The van der Waals surface area contributed by atoms with E-state index in [1.807, 2.05) is 71.6 Å². The van der Waals surface area contributed by atoms with Crippen molar-refractivity contribution in [2.24, 2.45) is 5.73 Å². The molecule has 2 amide bonds. The van der Waals surface area contributed by atoms with Crippen molar-refractivity contribution < 1.29 is 19.1 Å². The molecule has 2 N–H and O–H groups in total. The van der Waals surface area contributed by atoms with Gasteiger partial charge in [-0.25, -0.2) is 4.79 Å². The number of rotatable bonds is 8. The van der Waals surface area contributed by atoms with Crippen LogP contribution in [0.1, 0.15) is 47.2 Å². The molecule has 7 nitrogen and oxygen atoms in total. The molecule has 0 aliphatic carbocycles. The molecule has 9 heteroatoms. The van der Waals surface area contributed by atoms with Crippen molar-refractivity contribution in [1.82, 2.24) is 9.80 Å². The molecular formula is C32H35Cl2N3O4. The van der Waals surface area contributed by atoms with Gasteiger partial charge in [0.05, 0.1) is 22.7 Å². The summed E-state index contributed by atoms with van der Waals surface area (Å²) < 4.78 is 11.2. The number of amides is 2. The molecule has 3 aromatic carbocycles. The number of carbonyl (C=O) groups excluding carboxylic acids is 2. The summed E-state index contributed by atoms with van der Waals surface area (Å²) in [5.74, 6) is 0.525. The van der Waals surface area contributed by atoms with E-state index in [9.17, 15) is 9.59 Å². The number of hydrogen-bond donors (Lipinski definition) is 1. The number of primary amides is 1. The number of nitrogens with two attached hydrogens (primary N) is 1. The van der Waals surface area contributed by atoms with E-state index in [0.717, 1.165) is 43.6 Å². The fourth-order valence-corrected chi connectivity index (χ4v) is 6.64. The Balaban J connectivity index is 1.34. The van der Waals surface area contributed by atoms with Crippen LogP contribution in [0.15, 0.2) is 72.8 Å². The number of halogens is 2. The lowest BCUT2D eigenvalue weighted by atomic mass is 9.76. The summed E-state index contributed by atoms with van der Waals surface area (Å²) in [5, 5.41) is 1.01. The predicted octanol–water partition coefficient (Wildman–Crippen LogP) is 6.26. The number of para-hydroxylation sites is 1. The number of methoxy groups -OCH3 is 1. The molecule has 1 unspecified atom stereocenters. The summed E-state index contributed by atoms with van der Waals surface area (Å²) >= 11 is 12.8. The first-order valence-electron chi connectivity index (χ1n) is 13.9. The Kier molecular flexibility index (Phi) is 8.78.